The van der Waals surface area contributed by atoms with E-state index in [1.54, 1.807) is 11.8 Å². The van der Waals surface area contributed by atoms with Crippen molar-refractivity contribution in [3.8, 4) is 0 Å². The first-order chi connectivity index (χ1) is 4.79. The fraction of sp³-hybridized carbons (Fsp3) is 0.800. The number of hydrazine groups is 1. The fourth-order valence-electron chi connectivity index (χ4n) is 1.29. The van der Waals surface area contributed by atoms with Crippen LogP contribution in [0.5, 0.6) is 0 Å². The molecule has 0 aromatic rings. The number of nitrogens with one attached hydrogen (secondary N) is 2. The molecular weight excluding hydrogens is 150 g/mol. The molecule has 4 nitrogen and oxygen atoms in total. The molecule has 0 amide bonds. The van der Waals surface area contributed by atoms with E-state index in [-0.39, 0.29) is 23.2 Å². The van der Waals surface area contributed by atoms with Gasteiger partial charge in [-0.3, -0.25) is 4.79 Å². The number of ketones is 1. The molecule has 0 spiro atoms. The van der Waals surface area contributed by atoms with Crippen LogP contribution in [0.1, 0.15) is 0 Å². The Labute approximate surface area is 62.9 Å². The first-order valence-electron chi connectivity index (χ1n) is 3.20. The third kappa shape index (κ3) is 0.784. The number of carbonyl (C=O) groups excluding carboxylic acids is 1. The third-order valence-corrected chi connectivity index (χ3v) is 3.25. The van der Waals surface area contributed by atoms with Crippen LogP contribution in [0.15, 0.2) is 0 Å². The molecule has 2 saturated heterocycles. The van der Waals surface area contributed by atoms with Crippen LogP contribution < -0.4 is 16.6 Å². The maximum Gasteiger partial charge on any atom is 0.162 e. The number of rotatable bonds is 0. The van der Waals surface area contributed by atoms with E-state index in [1.807, 2.05) is 0 Å². The average Bonchev–Trinajstić information content (AvgIpc) is 2.41. The van der Waals surface area contributed by atoms with Crippen molar-refractivity contribution in [2.75, 3.05) is 5.75 Å². The predicted octanol–water partition coefficient (Wildman–Crippen LogP) is -1.57. The highest BCUT2D eigenvalue weighted by Gasteiger charge is 2.43. The molecule has 2 aliphatic heterocycles. The van der Waals surface area contributed by atoms with Gasteiger partial charge in [0.25, 0.3) is 0 Å². The zero-order valence-electron chi connectivity index (χ0n) is 5.33. The molecule has 56 valence electrons. The normalized spacial score (nSPS) is 46.1. The lowest BCUT2D eigenvalue weighted by atomic mass is 10.1. The Morgan fingerprint density at radius 1 is 1.60 bits per heavy atom. The highest BCUT2D eigenvalue weighted by molar-refractivity contribution is 8.01. The summed E-state index contributed by atoms with van der Waals surface area (Å²) in [5, 5.41) is 0.243. The van der Waals surface area contributed by atoms with Gasteiger partial charge in [0.05, 0.1) is 23.2 Å². The molecule has 3 atom stereocenters. The molecule has 10 heavy (non-hydrogen) atoms. The standard InChI is InChI=1S/C5H9N3OS/c6-5-4-3(7-8-5)2(9)1-10-4/h3-5,7-8H,1,6H2/t3-,4-,5+/m0/s1. The second kappa shape index (κ2) is 2.20. The van der Waals surface area contributed by atoms with Crippen LogP contribution in [0.25, 0.3) is 0 Å². The minimum atomic E-state index is -0.0681. The summed E-state index contributed by atoms with van der Waals surface area (Å²) in [5.74, 6) is 0.869. The molecule has 5 heteroatoms. The Balaban J connectivity index is 2.16. The number of hydrogen-bond donors (Lipinski definition) is 3. The molecule has 0 bridgehead atoms. The third-order valence-electron chi connectivity index (χ3n) is 1.85. The van der Waals surface area contributed by atoms with Crippen LogP contribution in [0.3, 0.4) is 0 Å². The summed E-state index contributed by atoms with van der Waals surface area (Å²) in [5.41, 5.74) is 11.3. The number of hydrogen-bond acceptors (Lipinski definition) is 5. The van der Waals surface area contributed by atoms with Gasteiger partial charge in [-0.05, 0) is 0 Å². The van der Waals surface area contributed by atoms with Gasteiger partial charge in [-0.15, -0.1) is 11.8 Å². The SMILES string of the molecule is N[C@@H]1NN[C@H]2C(=O)CS[C@H]12. The van der Waals surface area contributed by atoms with Gasteiger partial charge in [-0.2, -0.15) is 0 Å². The summed E-state index contributed by atoms with van der Waals surface area (Å²) >= 11 is 1.63. The minimum absolute atomic E-state index is 0.0417. The molecule has 2 aliphatic rings. The molecule has 0 aliphatic carbocycles. The topological polar surface area (TPSA) is 67.2 Å². The van der Waals surface area contributed by atoms with Crippen LogP contribution in [0.2, 0.25) is 0 Å². The van der Waals surface area contributed by atoms with Crippen molar-refractivity contribution in [1.82, 2.24) is 10.9 Å². The van der Waals surface area contributed by atoms with Crippen LogP contribution in [0, 0.1) is 0 Å². The van der Waals surface area contributed by atoms with E-state index >= 15 is 0 Å². The van der Waals surface area contributed by atoms with Gasteiger partial charge in [0.2, 0.25) is 0 Å². The van der Waals surface area contributed by atoms with Gasteiger partial charge in [0.15, 0.2) is 5.78 Å². The Hall–Kier alpha value is -0.100. The molecule has 0 saturated carbocycles. The zero-order chi connectivity index (χ0) is 7.14. The van der Waals surface area contributed by atoms with E-state index in [0.29, 0.717) is 5.75 Å². The molecule has 0 aromatic heterocycles. The van der Waals surface area contributed by atoms with E-state index in [0.717, 1.165) is 0 Å². The van der Waals surface area contributed by atoms with Crippen molar-refractivity contribution >= 4 is 17.5 Å². The largest absolute Gasteiger partial charge is 0.314 e. The van der Waals surface area contributed by atoms with Crippen molar-refractivity contribution in [2.45, 2.75) is 17.5 Å². The molecule has 4 N–H and O–H groups in total. The highest BCUT2D eigenvalue weighted by atomic mass is 32.2. The highest BCUT2D eigenvalue weighted by Crippen LogP contribution is 2.27. The smallest absolute Gasteiger partial charge is 0.162 e. The molecule has 0 radical (unpaired) electrons. The predicted molar refractivity (Wildman–Crippen MR) is 39.3 cm³/mol. The Bertz CT molecular complexity index is 174. The lowest BCUT2D eigenvalue weighted by Gasteiger charge is -2.07. The Morgan fingerprint density at radius 2 is 2.40 bits per heavy atom. The molecular formula is C5H9N3OS. The second-order valence-electron chi connectivity index (χ2n) is 2.53. The first kappa shape index (κ1) is 6.60. The van der Waals surface area contributed by atoms with Crippen LogP contribution >= 0.6 is 11.8 Å². The minimum Gasteiger partial charge on any atom is -0.314 e. The molecule has 2 rings (SSSR count). The van der Waals surface area contributed by atoms with E-state index in [4.69, 9.17) is 5.73 Å². The molecule has 0 unspecified atom stereocenters. The average molecular weight is 159 g/mol. The van der Waals surface area contributed by atoms with E-state index in [9.17, 15) is 4.79 Å². The maximum atomic E-state index is 11.0. The Morgan fingerprint density at radius 3 is 3.10 bits per heavy atom. The quantitative estimate of drug-likeness (QED) is 0.398. The number of nitrogens with two attached hydrogens (primary N) is 1. The molecule has 2 fully saturated rings. The van der Waals surface area contributed by atoms with Gasteiger partial charge >= 0.3 is 0 Å². The molecule has 0 aromatic carbocycles. The van der Waals surface area contributed by atoms with Gasteiger partial charge in [0.1, 0.15) is 0 Å². The number of Topliss-reactive ketones (excluding diaryl/α,β-unsaturated/α-hetero) is 1. The van der Waals surface area contributed by atoms with E-state index in [2.05, 4.69) is 10.9 Å². The fourth-order valence-corrected chi connectivity index (χ4v) is 2.51. The monoisotopic (exact) mass is 159 g/mol. The van der Waals surface area contributed by atoms with E-state index < -0.39 is 0 Å². The van der Waals surface area contributed by atoms with Crippen molar-refractivity contribution < 1.29 is 4.79 Å². The number of carbonyl (C=O) groups is 1. The number of fused-ring (bicyclic) bond motifs is 1. The summed E-state index contributed by atoms with van der Waals surface area (Å²) in [7, 11) is 0. The number of thioether (sulfide) groups is 1. The first-order valence-corrected chi connectivity index (χ1v) is 4.25. The van der Waals surface area contributed by atoms with Crippen LogP contribution in [-0.4, -0.2) is 29.0 Å². The summed E-state index contributed by atoms with van der Waals surface area (Å²) in [6, 6.07) is -0.0417. The molecule has 2 heterocycles. The second-order valence-corrected chi connectivity index (χ2v) is 3.70. The van der Waals surface area contributed by atoms with Crippen LogP contribution in [-0.2, 0) is 4.79 Å². The maximum absolute atomic E-state index is 11.0. The van der Waals surface area contributed by atoms with Crippen molar-refractivity contribution in [3.05, 3.63) is 0 Å². The van der Waals surface area contributed by atoms with Crippen LogP contribution in [0.4, 0.5) is 0 Å². The summed E-state index contributed by atoms with van der Waals surface area (Å²) in [4.78, 5) is 11.0. The van der Waals surface area contributed by atoms with Gasteiger partial charge in [-0.25, -0.2) is 10.9 Å². The summed E-state index contributed by atoms with van der Waals surface area (Å²) in [6.07, 6.45) is -0.0681. The summed E-state index contributed by atoms with van der Waals surface area (Å²) < 4.78 is 0. The summed E-state index contributed by atoms with van der Waals surface area (Å²) in [6.45, 7) is 0. The lowest BCUT2D eigenvalue weighted by molar-refractivity contribution is -0.117. The van der Waals surface area contributed by atoms with Gasteiger partial charge in [-0.1, -0.05) is 0 Å². The van der Waals surface area contributed by atoms with E-state index in [1.165, 1.54) is 0 Å². The van der Waals surface area contributed by atoms with Crippen molar-refractivity contribution in [2.24, 2.45) is 5.73 Å². The van der Waals surface area contributed by atoms with Gasteiger partial charge < -0.3 is 5.73 Å². The van der Waals surface area contributed by atoms with Crippen molar-refractivity contribution in [1.29, 1.82) is 0 Å². The Kier molecular flexibility index (Phi) is 1.45. The van der Waals surface area contributed by atoms with Crippen molar-refractivity contribution in [3.63, 3.8) is 0 Å². The lowest BCUT2D eigenvalue weighted by Crippen LogP contribution is -2.40. The van der Waals surface area contributed by atoms with Gasteiger partial charge in [0, 0.05) is 0 Å². The zero-order valence-corrected chi connectivity index (χ0v) is 6.15.